The van der Waals surface area contributed by atoms with Gasteiger partial charge in [-0.15, -0.1) is 0 Å². The first-order valence-electron chi connectivity index (χ1n) is 1.72. The lowest BCUT2D eigenvalue weighted by Crippen LogP contribution is -2.25. The fraction of sp³-hybridized carbons (Fsp3) is 0.500. The predicted molar refractivity (Wildman–Crippen MR) is 24.3 cm³/mol. The maximum absolute atomic E-state index is 10.2. The van der Waals surface area contributed by atoms with Crippen LogP contribution < -0.4 is 10.3 Å². The van der Waals surface area contributed by atoms with Crippen molar-refractivity contribution < 1.29 is 9.00 Å². The smallest absolute Gasteiger partial charge is 0.248 e. The number of hydrogen-bond acceptors (Lipinski definition) is 2. The Morgan fingerprint density at radius 3 is 2.57 bits per heavy atom. The Bertz CT molecular complexity index is 109. The van der Waals surface area contributed by atoms with Gasteiger partial charge in [0.1, 0.15) is 16.7 Å². The largest absolute Gasteiger partial charge is 0.279 e. The van der Waals surface area contributed by atoms with Crippen LogP contribution in [0.4, 0.5) is 0 Å². The lowest BCUT2D eigenvalue weighted by molar-refractivity contribution is -0.118. The quantitative estimate of drug-likeness (QED) is 0.399. The summed E-state index contributed by atoms with van der Waals surface area (Å²) in [5.74, 6) is -0.127. The highest BCUT2D eigenvalue weighted by molar-refractivity contribution is 7.84. The summed E-state index contributed by atoms with van der Waals surface area (Å²) in [5, 5.41) is 0. The molecule has 1 saturated heterocycles. The number of amides is 1. The molecule has 0 saturated carbocycles. The van der Waals surface area contributed by atoms with Gasteiger partial charge in [-0.25, -0.2) is 4.21 Å². The fourth-order valence-corrected chi connectivity index (χ4v) is 0.915. The summed E-state index contributed by atoms with van der Waals surface area (Å²) in [6, 6.07) is 0. The summed E-state index contributed by atoms with van der Waals surface area (Å²) < 4.78 is 10.2. The molecule has 0 aliphatic carbocycles. The lowest BCUT2D eigenvalue weighted by atomic mass is 10.8. The van der Waals surface area contributed by atoms with Crippen LogP contribution in [0.15, 0.2) is 0 Å². The van der Waals surface area contributed by atoms with E-state index in [2.05, 4.69) is 10.3 Å². The zero-order valence-electron chi connectivity index (χ0n) is 3.43. The molecule has 0 aromatic carbocycles. The van der Waals surface area contributed by atoms with E-state index in [4.69, 9.17) is 0 Å². The van der Waals surface area contributed by atoms with Crippen LogP contribution in [0.2, 0.25) is 0 Å². The summed E-state index contributed by atoms with van der Waals surface area (Å²) in [6.45, 7) is 0. The van der Waals surface area contributed by atoms with E-state index in [9.17, 15) is 9.00 Å². The topological polar surface area (TPSA) is 58.2 Å². The summed E-state index contributed by atoms with van der Waals surface area (Å²) in [5.41, 5.74) is 2.18. The highest BCUT2D eigenvalue weighted by atomic mass is 32.2. The molecule has 1 rings (SSSR count). The molecule has 0 spiro atoms. The molecule has 1 unspecified atom stereocenters. The van der Waals surface area contributed by atoms with Gasteiger partial charge in [0.05, 0.1) is 0 Å². The van der Waals surface area contributed by atoms with Gasteiger partial charge in [0.15, 0.2) is 0 Å². The number of hydrazine groups is 1. The summed E-state index contributed by atoms with van der Waals surface area (Å²) in [6.07, 6.45) is 0. The molecule has 1 aliphatic heterocycles. The molecule has 4 nitrogen and oxygen atoms in total. The average Bonchev–Trinajstić information content (AvgIpc) is 1.87. The molecule has 0 radical (unpaired) electrons. The van der Waals surface area contributed by atoms with E-state index in [1.165, 1.54) is 0 Å². The van der Waals surface area contributed by atoms with Crippen LogP contribution in [-0.2, 0) is 15.8 Å². The van der Waals surface area contributed by atoms with Crippen LogP contribution in [0, 0.1) is 0 Å². The minimum atomic E-state index is -1.16. The molecule has 1 heterocycles. The average molecular weight is 120 g/mol. The molecule has 1 aliphatic rings. The van der Waals surface area contributed by atoms with E-state index in [-0.39, 0.29) is 11.7 Å². The van der Waals surface area contributed by atoms with Gasteiger partial charge in [0, 0.05) is 0 Å². The second kappa shape index (κ2) is 1.59. The molecule has 1 amide bonds. The summed E-state index contributed by atoms with van der Waals surface area (Å²) in [4.78, 5) is 12.3. The molecular formula is C2H4N2O2S. The molecular weight excluding hydrogens is 116 g/mol. The SMILES string of the molecule is O=C1CS(=O)NN1. The molecule has 0 aromatic rings. The van der Waals surface area contributed by atoms with E-state index >= 15 is 0 Å². The highest BCUT2D eigenvalue weighted by Crippen LogP contribution is 1.79. The highest BCUT2D eigenvalue weighted by Gasteiger charge is 2.13. The number of carbonyl (C=O) groups is 1. The van der Waals surface area contributed by atoms with Crippen molar-refractivity contribution in [3.05, 3.63) is 0 Å². The van der Waals surface area contributed by atoms with Crippen LogP contribution in [0.25, 0.3) is 0 Å². The molecule has 7 heavy (non-hydrogen) atoms. The Hall–Kier alpha value is -0.420. The maximum Gasteiger partial charge on any atom is 0.248 e. The van der Waals surface area contributed by atoms with Crippen molar-refractivity contribution >= 4 is 16.9 Å². The first kappa shape index (κ1) is 4.73. The van der Waals surface area contributed by atoms with Crippen molar-refractivity contribution in [2.24, 2.45) is 0 Å². The van der Waals surface area contributed by atoms with Crippen LogP contribution in [0.3, 0.4) is 0 Å². The van der Waals surface area contributed by atoms with Gasteiger partial charge in [-0.2, -0.15) is 4.83 Å². The van der Waals surface area contributed by atoms with Gasteiger partial charge in [-0.1, -0.05) is 0 Å². The van der Waals surface area contributed by atoms with E-state index in [0.29, 0.717) is 0 Å². The molecule has 2 N–H and O–H groups in total. The number of nitrogens with one attached hydrogen (secondary N) is 2. The number of carbonyl (C=O) groups excluding carboxylic acids is 1. The molecule has 40 valence electrons. The monoisotopic (exact) mass is 120 g/mol. The van der Waals surface area contributed by atoms with Crippen molar-refractivity contribution in [3.63, 3.8) is 0 Å². The van der Waals surface area contributed by atoms with E-state index in [1.54, 1.807) is 0 Å². The Balaban J connectivity index is 2.55. The van der Waals surface area contributed by atoms with Crippen molar-refractivity contribution in [2.75, 3.05) is 5.75 Å². The molecule has 5 heteroatoms. The first-order valence-corrected chi connectivity index (χ1v) is 3.04. The van der Waals surface area contributed by atoms with Crippen molar-refractivity contribution in [1.82, 2.24) is 10.3 Å². The van der Waals surface area contributed by atoms with E-state index in [0.717, 1.165) is 0 Å². The van der Waals surface area contributed by atoms with Crippen molar-refractivity contribution in [1.29, 1.82) is 0 Å². The molecule has 0 bridgehead atoms. The maximum atomic E-state index is 10.2. The summed E-state index contributed by atoms with van der Waals surface area (Å²) >= 11 is 0. The Morgan fingerprint density at radius 2 is 2.43 bits per heavy atom. The van der Waals surface area contributed by atoms with Gasteiger partial charge in [-0.3, -0.25) is 10.2 Å². The van der Waals surface area contributed by atoms with Crippen LogP contribution in [-0.4, -0.2) is 15.9 Å². The second-order valence-electron chi connectivity index (χ2n) is 1.14. The van der Waals surface area contributed by atoms with Gasteiger partial charge in [0.25, 0.3) is 0 Å². The third kappa shape index (κ3) is 0.971. The molecule has 1 fully saturated rings. The van der Waals surface area contributed by atoms with Crippen molar-refractivity contribution in [2.45, 2.75) is 0 Å². The van der Waals surface area contributed by atoms with E-state index in [1.807, 2.05) is 0 Å². The van der Waals surface area contributed by atoms with Gasteiger partial charge >= 0.3 is 0 Å². The number of rotatable bonds is 0. The minimum Gasteiger partial charge on any atom is -0.279 e. The minimum absolute atomic E-state index is 0.0833. The molecule has 0 aromatic heterocycles. The van der Waals surface area contributed by atoms with Gasteiger partial charge < -0.3 is 0 Å². The standard InChI is InChI=1S/C2H4N2O2S/c5-2-1-7(6)4-3-2/h4H,1H2,(H,3,5). The Labute approximate surface area is 42.8 Å². The Morgan fingerprint density at radius 1 is 1.71 bits per heavy atom. The third-order valence-corrected chi connectivity index (χ3v) is 1.42. The Kier molecular flexibility index (Phi) is 1.07. The van der Waals surface area contributed by atoms with E-state index < -0.39 is 11.0 Å². The first-order chi connectivity index (χ1) is 3.29. The van der Waals surface area contributed by atoms with Crippen molar-refractivity contribution in [3.8, 4) is 0 Å². The normalized spacial score (nSPS) is 30.3. The second-order valence-corrected chi connectivity index (χ2v) is 2.32. The van der Waals surface area contributed by atoms with Gasteiger partial charge in [0.2, 0.25) is 5.91 Å². The zero-order chi connectivity index (χ0) is 5.28. The fourth-order valence-electron chi connectivity index (χ4n) is 0.305. The lowest BCUT2D eigenvalue weighted by Gasteiger charge is -1.81. The molecule has 1 atom stereocenters. The van der Waals surface area contributed by atoms with Gasteiger partial charge in [-0.05, 0) is 0 Å². The predicted octanol–water partition coefficient (Wildman–Crippen LogP) is -1.72. The van der Waals surface area contributed by atoms with Crippen LogP contribution in [0.5, 0.6) is 0 Å². The third-order valence-electron chi connectivity index (χ3n) is 0.566. The summed E-state index contributed by atoms with van der Waals surface area (Å²) in [7, 11) is -1.16. The van der Waals surface area contributed by atoms with Crippen LogP contribution in [0.1, 0.15) is 0 Å². The van der Waals surface area contributed by atoms with Crippen LogP contribution >= 0.6 is 0 Å². The zero-order valence-corrected chi connectivity index (χ0v) is 4.25. The number of hydrogen-bond donors (Lipinski definition) is 2.